The van der Waals surface area contributed by atoms with E-state index in [0.717, 1.165) is 22.9 Å². The Morgan fingerprint density at radius 1 is 1.00 bits per heavy atom. The number of amides is 3. The minimum Gasteiger partial charge on any atom is -0.373 e. The Morgan fingerprint density at radius 3 is 2.58 bits per heavy atom. The first-order valence-corrected chi connectivity index (χ1v) is 18.0. The zero-order valence-corrected chi connectivity index (χ0v) is 30.3. The summed E-state index contributed by atoms with van der Waals surface area (Å²) >= 11 is 0. The second-order valence-electron chi connectivity index (χ2n) is 13.8. The number of piperidine rings is 2. The third kappa shape index (κ3) is 8.47. The summed E-state index contributed by atoms with van der Waals surface area (Å²) < 4.78 is 45.2. The number of aryl methyl sites for hydroxylation is 1. The smallest absolute Gasteiger partial charge is 0.373 e. The van der Waals surface area contributed by atoms with Gasteiger partial charge in [0.2, 0.25) is 11.8 Å². The molecule has 1 unspecified atom stereocenters. The number of fused-ring (bicyclic) bond motifs is 1. The molecule has 4 heterocycles. The van der Waals surface area contributed by atoms with Crippen molar-refractivity contribution in [1.82, 2.24) is 24.8 Å². The van der Waals surface area contributed by atoms with Crippen LogP contribution in [0.2, 0.25) is 0 Å². The maximum absolute atomic E-state index is 14.5. The number of imidazole rings is 1. The Morgan fingerprint density at radius 2 is 1.80 bits per heavy atom. The van der Waals surface area contributed by atoms with Gasteiger partial charge in [-0.3, -0.25) is 24.6 Å². The lowest BCUT2D eigenvalue weighted by atomic mass is 10.00. The second kappa shape index (κ2) is 15.6. The topological polar surface area (TPSA) is 124 Å². The quantitative estimate of drug-likeness (QED) is 0.130. The number of para-hydroxylation sites is 1. The van der Waals surface area contributed by atoms with Crippen molar-refractivity contribution in [2.45, 2.75) is 57.4 Å². The van der Waals surface area contributed by atoms with Crippen LogP contribution in [-0.2, 0) is 22.3 Å². The molecule has 0 spiro atoms. The first-order valence-electron chi connectivity index (χ1n) is 18.0. The Balaban J connectivity index is 0.999. The maximum Gasteiger partial charge on any atom is 0.418 e. The summed E-state index contributed by atoms with van der Waals surface area (Å²) in [4.78, 5) is 45.4. The zero-order chi connectivity index (χ0) is 38.7. The molecule has 0 radical (unpaired) electrons. The minimum atomic E-state index is -4.65. The van der Waals surface area contributed by atoms with Crippen molar-refractivity contribution in [1.29, 1.82) is 0 Å². The molecule has 2 saturated heterocycles. The number of imide groups is 1. The van der Waals surface area contributed by atoms with Crippen molar-refractivity contribution in [3.63, 3.8) is 0 Å². The van der Waals surface area contributed by atoms with Crippen molar-refractivity contribution in [3.8, 4) is 11.8 Å². The zero-order valence-electron chi connectivity index (χ0n) is 30.3. The van der Waals surface area contributed by atoms with Crippen LogP contribution in [0, 0.1) is 18.8 Å². The van der Waals surface area contributed by atoms with Crippen molar-refractivity contribution < 1.29 is 27.6 Å². The average Bonchev–Trinajstić information content (AvgIpc) is 3.59. The van der Waals surface area contributed by atoms with E-state index < -0.39 is 23.7 Å². The van der Waals surface area contributed by atoms with E-state index in [9.17, 15) is 27.6 Å². The van der Waals surface area contributed by atoms with Crippen LogP contribution < -0.4 is 20.9 Å². The fourth-order valence-corrected chi connectivity index (χ4v) is 7.03. The number of hydrogen-bond acceptors (Lipinski definition) is 8. The Hall–Kier alpha value is -6.20. The molecule has 2 aromatic heterocycles. The van der Waals surface area contributed by atoms with Gasteiger partial charge in [-0.1, -0.05) is 30.2 Å². The molecule has 0 bridgehead atoms. The number of carbonyl (C=O) groups excluding carboxylic acids is 3. The van der Waals surface area contributed by atoms with Gasteiger partial charge in [-0.15, -0.1) is 0 Å². The molecule has 1 atom stereocenters. The molecule has 3 aromatic carbocycles. The molecule has 2 aliphatic heterocycles. The molecule has 5 aromatic rings. The van der Waals surface area contributed by atoms with E-state index >= 15 is 0 Å². The van der Waals surface area contributed by atoms with Gasteiger partial charge >= 0.3 is 6.18 Å². The average molecular weight is 749 g/mol. The Labute approximate surface area is 315 Å². The van der Waals surface area contributed by atoms with E-state index in [-0.39, 0.29) is 41.2 Å². The van der Waals surface area contributed by atoms with Crippen LogP contribution in [0.4, 0.5) is 30.2 Å². The number of nitrogens with one attached hydrogen (secondary N) is 3. The summed E-state index contributed by atoms with van der Waals surface area (Å²) in [6, 6.07) is 19.8. The normalized spacial score (nSPS) is 16.5. The summed E-state index contributed by atoms with van der Waals surface area (Å²) in [5.41, 5.74) is 3.96. The summed E-state index contributed by atoms with van der Waals surface area (Å²) in [7, 11) is 1.99. The highest BCUT2D eigenvalue weighted by atomic mass is 19.4. The lowest BCUT2D eigenvalue weighted by Crippen LogP contribution is -2.47. The second-order valence-corrected chi connectivity index (χ2v) is 13.8. The van der Waals surface area contributed by atoms with E-state index in [1.807, 2.05) is 44.3 Å². The van der Waals surface area contributed by atoms with E-state index in [0.29, 0.717) is 55.8 Å². The Kier molecular flexibility index (Phi) is 10.6. The number of alkyl halides is 3. The molecule has 3 N–H and O–H groups in total. The number of benzene rings is 3. The monoisotopic (exact) mass is 748 g/mol. The third-order valence-corrected chi connectivity index (χ3v) is 10.1. The first-order chi connectivity index (χ1) is 26.4. The molecular formula is C41H39F3N8O3. The van der Waals surface area contributed by atoms with Gasteiger partial charge in [0.25, 0.3) is 5.91 Å². The van der Waals surface area contributed by atoms with Crippen LogP contribution in [0.1, 0.15) is 64.0 Å². The molecule has 3 amide bonds. The van der Waals surface area contributed by atoms with Crippen molar-refractivity contribution >= 4 is 40.4 Å². The molecule has 0 aliphatic carbocycles. The molecule has 7 rings (SSSR count). The number of halogens is 3. The van der Waals surface area contributed by atoms with Crippen molar-refractivity contribution in [3.05, 3.63) is 119 Å². The number of rotatable bonds is 8. The van der Waals surface area contributed by atoms with Gasteiger partial charge < -0.3 is 15.5 Å². The number of anilines is 3. The molecule has 2 fully saturated rings. The highest BCUT2D eigenvalue weighted by molar-refractivity contribution is 6.05. The molecule has 11 nitrogen and oxygen atoms in total. The molecule has 0 saturated carbocycles. The summed E-state index contributed by atoms with van der Waals surface area (Å²) in [5, 5.41) is 12.6. The van der Waals surface area contributed by atoms with Crippen molar-refractivity contribution in [2.75, 3.05) is 35.7 Å². The highest BCUT2D eigenvalue weighted by Gasteiger charge is 2.36. The lowest BCUT2D eigenvalue weighted by Gasteiger charge is -2.39. The lowest BCUT2D eigenvalue weighted by molar-refractivity contribution is -0.137. The first kappa shape index (κ1) is 37.1. The molecule has 55 heavy (non-hydrogen) atoms. The van der Waals surface area contributed by atoms with Gasteiger partial charge in [-0.2, -0.15) is 18.3 Å². The van der Waals surface area contributed by atoms with Gasteiger partial charge in [0.15, 0.2) is 5.65 Å². The van der Waals surface area contributed by atoms with Crippen LogP contribution in [-0.4, -0.2) is 69.4 Å². The van der Waals surface area contributed by atoms with Crippen LogP contribution in [0.15, 0.2) is 85.2 Å². The standard InChI is InChI=1S/C41H39F3N8O3/c1-26-9-10-28(22-27(26)11-13-32-24-45-37-8-5-19-46-52(32)37)39(54)47-30-12-15-36(33(23-30)41(42,43)44)51-20-17-31(18-21-51)50(2)25-29-6-3-4-7-34(29)48-35-14-16-38(53)49-40(35)55/h3-10,12,15,19,22-24,31,35,48H,14,16-18,20-21,25H2,1-2H3,(H,47,54)(H,49,53,55). The van der Waals surface area contributed by atoms with Crippen LogP contribution in [0.5, 0.6) is 0 Å². The summed E-state index contributed by atoms with van der Waals surface area (Å²) in [5.74, 6) is 4.93. The predicted octanol–water partition coefficient (Wildman–Crippen LogP) is 6.03. The van der Waals surface area contributed by atoms with E-state index in [4.69, 9.17) is 0 Å². The van der Waals surface area contributed by atoms with Gasteiger partial charge in [-0.05, 0) is 98.8 Å². The highest BCUT2D eigenvalue weighted by Crippen LogP contribution is 2.39. The molecule has 282 valence electrons. The molecular weight excluding hydrogens is 709 g/mol. The molecule has 14 heteroatoms. The minimum absolute atomic E-state index is 0.0327. The van der Waals surface area contributed by atoms with Gasteiger partial charge in [0.05, 0.1) is 11.8 Å². The van der Waals surface area contributed by atoms with E-state index in [2.05, 4.69) is 42.8 Å². The largest absolute Gasteiger partial charge is 0.418 e. The Bertz CT molecular complexity index is 2320. The predicted molar refractivity (Wildman–Crippen MR) is 202 cm³/mol. The number of hydrogen-bond donors (Lipinski definition) is 3. The maximum atomic E-state index is 14.5. The van der Waals surface area contributed by atoms with Gasteiger partial charge in [0, 0.05) is 66.5 Å². The number of carbonyl (C=O) groups is 3. The number of aromatic nitrogens is 3. The fraction of sp³-hybridized carbons (Fsp3) is 0.293. The van der Waals surface area contributed by atoms with Crippen LogP contribution >= 0.6 is 0 Å². The third-order valence-electron chi connectivity index (χ3n) is 10.1. The van der Waals surface area contributed by atoms with Crippen LogP contribution in [0.3, 0.4) is 0 Å². The molecule has 2 aliphatic rings. The summed E-state index contributed by atoms with van der Waals surface area (Å²) in [6.07, 6.45) is 0.551. The number of nitrogens with zero attached hydrogens (tertiary/aromatic N) is 5. The van der Waals surface area contributed by atoms with Gasteiger partial charge in [0.1, 0.15) is 11.7 Å². The SMILES string of the molecule is Cc1ccc(C(=O)Nc2ccc(N3CCC(N(C)Cc4ccccc4NC4CCC(=O)NC4=O)CC3)c(C(F)(F)F)c2)cc1C#Cc1cnc2cccnn12. The van der Waals surface area contributed by atoms with Crippen LogP contribution in [0.25, 0.3) is 5.65 Å². The van der Waals surface area contributed by atoms with Gasteiger partial charge in [-0.25, -0.2) is 9.50 Å². The van der Waals surface area contributed by atoms with Crippen molar-refractivity contribution in [2.24, 2.45) is 0 Å². The summed E-state index contributed by atoms with van der Waals surface area (Å²) in [6.45, 7) is 3.26. The van der Waals surface area contributed by atoms with E-state index in [1.54, 1.807) is 46.1 Å². The van der Waals surface area contributed by atoms with E-state index in [1.165, 1.54) is 12.1 Å². The fourth-order valence-electron chi connectivity index (χ4n) is 7.03.